The van der Waals surface area contributed by atoms with Crippen molar-refractivity contribution in [2.75, 3.05) is 32.8 Å². The van der Waals surface area contributed by atoms with Crippen LogP contribution in [-0.2, 0) is 20.5 Å². The van der Waals surface area contributed by atoms with Crippen LogP contribution in [0.5, 0.6) is 0 Å². The molecule has 6 nitrogen and oxygen atoms in total. The predicted molar refractivity (Wildman–Crippen MR) is 98.7 cm³/mol. The van der Waals surface area contributed by atoms with Crippen LogP contribution in [0.1, 0.15) is 25.3 Å². The van der Waals surface area contributed by atoms with Crippen LogP contribution in [0.2, 0.25) is 0 Å². The molecule has 2 N–H and O–H groups in total. The van der Waals surface area contributed by atoms with Crippen LogP contribution in [0.3, 0.4) is 0 Å². The SMILES string of the molecule is CCCCN=C(N)SCc1cccc(S(=O)(=O)N2CCOCC2)c1. The number of benzene rings is 1. The van der Waals surface area contributed by atoms with Gasteiger partial charge in [-0.1, -0.05) is 37.2 Å². The zero-order chi connectivity index (χ0) is 17.4. The third-order valence-electron chi connectivity index (χ3n) is 3.67. The van der Waals surface area contributed by atoms with Gasteiger partial charge in [-0.05, 0) is 24.1 Å². The van der Waals surface area contributed by atoms with E-state index >= 15 is 0 Å². The zero-order valence-corrected chi connectivity index (χ0v) is 15.6. The summed E-state index contributed by atoms with van der Waals surface area (Å²) in [6, 6.07) is 7.03. The molecule has 1 aromatic rings. The van der Waals surface area contributed by atoms with Crippen LogP contribution < -0.4 is 5.73 Å². The molecule has 1 heterocycles. The second-order valence-electron chi connectivity index (χ2n) is 5.53. The Morgan fingerprint density at radius 3 is 2.83 bits per heavy atom. The lowest BCUT2D eigenvalue weighted by Gasteiger charge is -2.26. The summed E-state index contributed by atoms with van der Waals surface area (Å²) in [7, 11) is -3.46. The van der Waals surface area contributed by atoms with E-state index in [9.17, 15) is 8.42 Å². The average Bonchev–Trinajstić information content (AvgIpc) is 2.61. The van der Waals surface area contributed by atoms with Gasteiger partial charge in [0, 0.05) is 25.4 Å². The van der Waals surface area contributed by atoms with Gasteiger partial charge in [0.25, 0.3) is 0 Å². The zero-order valence-electron chi connectivity index (χ0n) is 14.0. The van der Waals surface area contributed by atoms with E-state index in [1.54, 1.807) is 18.2 Å². The lowest BCUT2D eigenvalue weighted by atomic mass is 10.2. The van der Waals surface area contributed by atoms with E-state index in [0.717, 1.165) is 24.9 Å². The van der Waals surface area contributed by atoms with Crippen molar-refractivity contribution in [2.45, 2.75) is 30.4 Å². The van der Waals surface area contributed by atoms with Crippen LogP contribution in [0, 0.1) is 0 Å². The monoisotopic (exact) mass is 371 g/mol. The Kier molecular flexibility index (Phi) is 7.54. The highest BCUT2D eigenvalue weighted by Gasteiger charge is 2.26. The predicted octanol–water partition coefficient (Wildman–Crippen LogP) is 2.06. The first-order chi connectivity index (χ1) is 11.5. The molecular weight excluding hydrogens is 346 g/mol. The molecular formula is C16H25N3O3S2. The number of ether oxygens (including phenoxy) is 1. The smallest absolute Gasteiger partial charge is 0.243 e. The van der Waals surface area contributed by atoms with E-state index < -0.39 is 10.0 Å². The second-order valence-corrected chi connectivity index (χ2v) is 8.46. The van der Waals surface area contributed by atoms with Crippen molar-refractivity contribution in [3.8, 4) is 0 Å². The number of morpholine rings is 1. The fraction of sp³-hybridized carbons (Fsp3) is 0.562. The van der Waals surface area contributed by atoms with Gasteiger partial charge in [-0.15, -0.1) is 0 Å². The molecule has 0 amide bonds. The highest BCUT2D eigenvalue weighted by Crippen LogP contribution is 2.20. The molecule has 0 unspecified atom stereocenters. The first kappa shape index (κ1) is 19.2. The molecule has 2 rings (SSSR count). The van der Waals surface area contributed by atoms with Crippen molar-refractivity contribution in [1.82, 2.24) is 4.31 Å². The third-order valence-corrected chi connectivity index (χ3v) is 6.47. The number of thioether (sulfide) groups is 1. The third kappa shape index (κ3) is 5.47. The number of hydrogen-bond acceptors (Lipinski definition) is 5. The van der Waals surface area contributed by atoms with Crippen molar-refractivity contribution in [2.24, 2.45) is 10.7 Å². The van der Waals surface area contributed by atoms with E-state index in [1.807, 2.05) is 6.07 Å². The Labute approximate surface area is 148 Å². The molecule has 24 heavy (non-hydrogen) atoms. The summed E-state index contributed by atoms with van der Waals surface area (Å²) in [5, 5.41) is 0.546. The number of nitrogens with two attached hydrogens (primary N) is 1. The first-order valence-electron chi connectivity index (χ1n) is 8.13. The molecule has 1 fully saturated rings. The van der Waals surface area contributed by atoms with Gasteiger partial charge in [-0.2, -0.15) is 4.31 Å². The number of sulfonamides is 1. The van der Waals surface area contributed by atoms with Crippen LogP contribution in [0.15, 0.2) is 34.2 Å². The molecule has 8 heteroatoms. The van der Waals surface area contributed by atoms with Crippen molar-refractivity contribution >= 4 is 27.0 Å². The quantitative estimate of drug-likeness (QED) is 0.450. The summed E-state index contributed by atoms with van der Waals surface area (Å²) < 4.78 is 32.0. The Hall–Kier alpha value is -1.09. The lowest BCUT2D eigenvalue weighted by molar-refractivity contribution is 0.0730. The molecule has 0 aromatic heterocycles. The molecule has 0 aliphatic carbocycles. The molecule has 134 valence electrons. The van der Waals surface area contributed by atoms with Crippen LogP contribution in [0.4, 0.5) is 0 Å². The van der Waals surface area contributed by atoms with Gasteiger partial charge in [0.05, 0.1) is 18.1 Å². The highest BCUT2D eigenvalue weighted by molar-refractivity contribution is 8.13. The fourth-order valence-electron chi connectivity index (χ4n) is 2.28. The number of rotatable bonds is 7. The van der Waals surface area contributed by atoms with E-state index in [2.05, 4.69) is 11.9 Å². The van der Waals surface area contributed by atoms with Gasteiger partial charge in [0.15, 0.2) is 5.17 Å². The van der Waals surface area contributed by atoms with E-state index in [1.165, 1.54) is 16.1 Å². The largest absolute Gasteiger partial charge is 0.379 e. The van der Waals surface area contributed by atoms with E-state index in [0.29, 0.717) is 42.1 Å². The van der Waals surface area contributed by atoms with Crippen LogP contribution >= 0.6 is 11.8 Å². The highest BCUT2D eigenvalue weighted by atomic mass is 32.2. The summed E-state index contributed by atoms with van der Waals surface area (Å²) in [5.74, 6) is 0.605. The fourth-order valence-corrected chi connectivity index (χ4v) is 4.44. The molecule has 0 saturated carbocycles. The van der Waals surface area contributed by atoms with Crippen molar-refractivity contribution in [1.29, 1.82) is 0 Å². The maximum Gasteiger partial charge on any atom is 0.243 e. The summed E-state index contributed by atoms with van der Waals surface area (Å²) in [5.41, 5.74) is 6.80. The summed E-state index contributed by atoms with van der Waals surface area (Å²) in [6.45, 7) is 4.54. The standard InChI is InChI=1S/C16H25N3O3S2/c1-2-3-7-18-16(17)23-13-14-5-4-6-15(12-14)24(20,21)19-8-10-22-11-9-19/h4-6,12H,2-3,7-11,13H2,1H3,(H2,17,18). The Balaban J connectivity index is 2.01. The van der Waals surface area contributed by atoms with Gasteiger partial charge < -0.3 is 10.5 Å². The van der Waals surface area contributed by atoms with Gasteiger partial charge in [0.1, 0.15) is 0 Å². The average molecular weight is 372 g/mol. The Morgan fingerprint density at radius 2 is 2.12 bits per heavy atom. The minimum absolute atomic E-state index is 0.323. The Morgan fingerprint density at radius 1 is 1.38 bits per heavy atom. The maximum atomic E-state index is 12.7. The number of nitrogens with zero attached hydrogens (tertiary/aromatic N) is 2. The number of aliphatic imine (C=N–C) groups is 1. The van der Waals surface area contributed by atoms with Gasteiger partial charge >= 0.3 is 0 Å². The van der Waals surface area contributed by atoms with Gasteiger partial charge in [0.2, 0.25) is 10.0 Å². The molecule has 0 atom stereocenters. The van der Waals surface area contributed by atoms with Crippen LogP contribution in [-0.4, -0.2) is 50.7 Å². The summed E-state index contributed by atoms with van der Waals surface area (Å²) in [6.07, 6.45) is 2.11. The maximum absolute atomic E-state index is 12.7. The Bertz CT molecular complexity index is 656. The minimum atomic E-state index is -3.46. The van der Waals surface area contributed by atoms with Gasteiger partial charge in [-0.25, -0.2) is 8.42 Å². The molecule has 1 aliphatic rings. The molecule has 0 radical (unpaired) electrons. The topological polar surface area (TPSA) is 85.0 Å². The molecule has 1 aromatic carbocycles. The summed E-state index contributed by atoms with van der Waals surface area (Å²) in [4.78, 5) is 4.61. The minimum Gasteiger partial charge on any atom is -0.379 e. The second kappa shape index (κ2) is 9.41. The van der Waals surface area contributed by atoms with Gasteiger partial charge in [-0.3, -0.25) is 4.99 Å². The van der Waals surface area contributed by atoms with Crippen molar-refractivity contribution in [3.63, 3.8) is 0 Å². The summed E-state index contributed by atoms with van der Waals surface area (Å²) >= 11 is 1.43. The lowest BCUT2D eigenvalue weighted by Crippen LogP contribution is -2.40. The number of unbranched alkanes of at least 4 members (excludes halogenated alkanes) is 1. The molecule has 1 saturated heterocycles. The normalized spacial score (nSPS) is 17.1. The molecule has 1 aliphatic heterocycles. The molecule has 0 spiro atoms. The number of amidine groups is 1. The van der Waals surface area contributed by atoms with E-state index in [-0.39, 0.29) is 0 Å². The van der Waals surface area contributed by atoms with Crippen molar-refractivity contribution < 1.29 is 13.2 Å². The van der Waals surface area contributed by atoms with Crippen LogP contribution in [0.25, 0.3) is 0 Å². The number of hydrogen-bond donors (Lipinski definition) is 1. The van der Waals surface area contributed by atoms with E-state index in [4.69, 9.17) is 10.5 Å². The first-order valence-corrected chi connectivity index (χ1v) is 10.6. The van der Waals surface area contributed by atoms with Crippen molar-refractivity contribution in [3.05, 3.63) is 29.8 Å². The molecule has 0 bridgehead atoms.